The molecule has 1 aliphatic heterocycles. The minimum Gasteiger partial charge on any atom is -0.481 e. The van der Waals surface area contributed by atoms with Crippen LogP contribution in [-0.4, -0.2) is 31.3 Å². The third kappa shape index (κ3) is 4.88. The molecule has 0 aliphatic carbocycles. The summed E-state index contributed by atoms with van der Waals surface area (Å²) in [4.78, 5) is 39.5. The van der Waals surface area contributed by atoms with Crippen molar-refractivity contribution < 1.29 is 23.5 Å². The Kier molecular flexibility index (Phi) is 6.36. The Bertz CT molecular complexity index is 1760. The van der Waals surface area contributed by atoms with Crippen LogP contribution in [0.4, 0.5) is 4.39 Å². The van der Waals surface area contributed by atoms with Gasteiger partial charge in [-0.15, -0.1) is 0 Å². The number of oxime groups is 1. The summed E-state index contributed by atoms with van der Waals surface area (Å²) in [6.07, 6.45) is 1.35. The molecule has 0 saturated heterocycles. The lowest BCUT2D eigenvalue weighted by molar-refractivity contribution is -0.137. The summed E-state index contributed by atoms with van der Waals surface area (Å²) < 4.78 is 20.9. The van der Waals surface area contributed by atoms with E-state index in [4.69, 9.17) is 19.3 Å². The van der Waals surface area contributed by atoms with Gasteiger partial charge in [0.25, 0.3) is 5.56 Å². The number of unbranched alkanes of at least 4 members (excludes halogenated alkanes) is 1. The number of rotatable bonds is 8. The Balaban J connectivity index is 1.32. The molecular formula is C29H23FN4O5. The maximum Gasteiger partial charge on any atom is 0.303 e. The van der Waals surface area contributed by atoms with Gasteiger partial charge in [-0.1, -0.05) is 23.4 Å². The molecule has 9 nitrogen and oxygen atoms in total. The first-order chi connectivity index (χ1) is 19.0. The maximum atomic E-state index is 13.6. The smallest absolute Gasteiger partial charge is 0.303 e. The van der Waals surface area contributed by atoms with E-state index in [1.54, 1.807) is 18.2 Å². The van der Waals surface area contributed by atoms with E-state index in [1.165, 1.54) is 28.8 Å². The van der Waals surface area contributed by atoms with Gasteiger partial charge in [0.05, 0.1) is 22.3 Å². The Morgan fingerprint density at radius 2 is 1.85 bits per heavy atom. The lowest BCUT2D eigenvalue weighted by Crippen LogP contribution is -2.24. The maximum absolute atomic E-state index is 13.6. The number of hydrogen-bond donors (Lipinski definition) is 1. The topological polar surface area (TPSA) is 120 Å². The number of para-hydroxylation sites is 2. The second-order valence-corrected chi connectivity index (χ2v) is 9.33. The van der Waals surface area contributed by atoms with E-state index < -0.39 is 17.9 Å². The molecule has 6 rings (SSSR count). The van der Waals surface area contributed by atoms with Crippen molar-refractivity contribution in [3.8, 4) is 5.69 Å². The molecule has 1 atom stereocenters. The van der Waals surface area contributed by atoms with E-state index in [1.807, 2.05) is 24.3 Å². The van der Waals surface area contributed by atoms with Crippen molar-refractivity contribution in [2.75, 3.05) is 0 Å². The molecule has 3 aromatic carbocycles. The third-order valence-corrected chi connectivity index (χ3v) is 6.65. The van der Waals surface area contributed by atoms with Crippen LogP contribution in [-0.2, 0) is 16.1 Å². The van der Waals surface area contributed by atoms with Gasteiger partial charge in [0.15, 0.2) is 5.58 Å². The summed E-state index contributed by atoms with van der Waals surface area (Å²) in [5.74, 6) is -0.378. The van der Waals surface area contributed by atoms with E-state index in [2.05, 4.69) is 10.1 Å². The third-order valence-electron chi connectivity index (χ3n) is 6.65. The highest BCUT2D eigenvalue weighted by molar-refractivity contribution is 6.03. The van der Waals surface area contributed by atoms with Crippen LogP contribution in [0, 0.1) is 5.82 Å². The summed E-state index contributed by atoms with van der Waals surface area (Å²) in [5, 5.41) is 13.6. The van der Waals surface area contributed by atoms with Gasteiger partial charge in [-0.25, -0.2) is 14.4 Å². The Hall–Kier alpha value is -4.86. The molecular weight excluding hydrogens is 503 g/mol. The normalized spacial score (nSPS) is 15.0. The molecule has 1 N–H and O–H groups in total. The molecule has 5 aromatic rings. The molecule has 196 valence electrons. The SMILES string of the molecule is O=C(O)CCCCc1nc2cc(C3=NO[C@@H](c4nc5ccccc5o4)C3)ccc2c(=O)n1-c1ccc(F)cc1. The van der Waals surface area contributed by atoms with Gasteiger partial charge < -0.3 is 14.4 Å². The van der Waals surface area contributed by atoms with Crippen molar-refractivity contribution in [2.24, 2.45) is 5.16 Å². The summed E-state index contributed by atoms with van der Waals surface area (Å²) >= 11 is 0. The number of aliphatic carboxylic acids is 1. The van der Waals surface area contributed by atoms with Crippen molar-refractivity contribution in [1.29, 1.82) is 0 Å². The summed E-state index contributed by atoms with van der Waals surface area (Å²) in [6, 6.07) is 18.4. The lowest BCUT2D eigenvalue weighted by Gasteiger charge is -2.14. The van der Waals surface area contributed by atoms with E-state index in [9.17, 15) is 14.0 Å². The van der Waals surface area contributed by atoms with Gasteiger partial charge in [-0.3, -0.25) is 14.2 Å². The van der Waals surface area contributed by atoms with Crippen molar-refractivity contribution in [2.45, 2.75) is 38.2 Å². The number of fused-ring (bicyclic) bond motifs is 2. The molecule has 10 heteroatoms. The first-order valence-electron chi connectivity index (χ1n) is 12.6. The Labute approximate surface area is 221 Å². The zero-order valence-electron chi connectivity index (χ0n) is 20.7. The van der Waals surface area contributed by atoms with Gasteiger partial charge in [-0.05, 0) is 61.4 Å². The van der Waals surface area contributed by atoms with Crippen LogP contribution in [0.1, 0.15) is 49.1 Å². The molecule has 0 fully saturated rings. The number of aromatic nitrogens is 3. The highest BCUT2D eigenvalue weighted by atomic mass is 19.1. The average Bonchev–Trinajstić information content (AvgIpc) is 3.59. The lowest BCUT2D eigenvalue weighted by atomic mass is 10.0. The fourth-order valence-electron chi connectivity index (χ4n) is 4.70. The van der Waals surface area contributed by atoms with Crippen LogP contribution < -0.4 is 5.56 Å². The number of carboxylic acid groups (broad SMARTS) is 1. The van der Waals surface area contributed by atoms with Crippen molar-refractivity contribution in [3.63, 3.8) is 0 Å². The van der Waals surface area contributed by atoms with Gasteiger partial charge in [0.1, 0.15) is 17.2 Å². The molecule has 0 radical (unpaired) electrons. The molecule has 0 bridgehead atoms. The molecule has 39 heavy (non-hydrogen) atoms. The standard InChI is InChI=1S/C29H23FN4O5/c30-18-10-12-19(13-11-18)34-26(7-3-4-8-27(35)36)31-23-15-17(9-14-20(23)29(34)37)22-16-25(39-33-22)28-32-21-5-1-2-6-24(21)38-28/h1-2,5-6,9-15,25H,3-4,7-8,16H2,(H,35,36)/t25-/m1/s1. The highest BCUT2D eigenvalue weighted by Crippen LogP contribution is 2.31. The molecule has 0 spiro atoms. The predicted molar refractivity (Wildman–Crippen MR) is 141 cm³/mol. The fourth-order valence-corrected chi connectivity index (χ4v) is 4.70. The van der Waals surface area contributed by atoms with E-state index in [-0.39, 0.29) is 12.0 Å². The van der Waals surface area contributed by atoms with Crippen LogP contribution in [0.2, 0.25) is 0 Å². The average molecular weight is 527 g/mol. The number of oxazole rings is 1. The number of halogens is 1. The minimum atomic E-state index is -0.877. The highest BCUT2D eigenvalue weighted by Gasteiger charge is 2.29. The number of nitrogens with zero attached hydrogens (tertiary/aromatic N) is 4. The fraction of sp³-hybridized carbons (Fsp3) is 0.207. The first kappa shape index (κ1) is 24.5. The largest absolute Gasteiger partial charge is 0.481 e. The number of carbonyl (C=O) groups is 1. The van der Waals surface area contributed by atoms with Crippen LogP contribution in [0.25, 0.3) is 27.7 Å². The summed E-state index contributed by atoms with van der Waals surface area (Å²) in [7, 11) is 0. The first-order valence-corrected chi connectivity index (χ1v) is 12.6. The van der Waals surface area contributed by atoms with Gasteiger partial charge in [-0.2, -0.15) is 0 Å². The quantitative estimate of drug-likeness (QED) is 0.271. The van der Waals surface area contributed by atoms with Crippen LogP contribution >= 0.6 is 0 Å². The summed E-state index contributed by atoms with van der Waals surface area (Å²) in [5.41, 5.74) is 3.53. The zero-order valence-corrected chi connectivity index (χ0v) is 20.7. The molecule has 0 saturated carbocycles. The number of benzene rings is 3. The zero-order chi connectivity index (χ0) is 26.9. The number of hydrogen-bond acceptors (Lipinski definition) is 7. The molecule has 0 unspecified atom stereocenters. The second kappa shape index (κ2) is 10.1. The summed E-state index contributed by atoms with van der Waals surface area (Å²) in [6.45, 7) is 0. The van der Waals surface area contributed by atoms with Crippen LogP contribution in [0.15, 0.2) is 81.1 Å². The minimum absolute atomic E-state index is 0.0274. The monoisotopic (exact) mass is 526 g/mol. The molecule has 3 heterocycles. The van der Waals surface area contributed by atoms with Crippen LogP contribution in [0.3, 0.4) is 0 Å². The van der Waals surface area contributed by atoms with E-state index >= 15 is 0 Å². The molecule has 0 amide bonds. The van der Waals surface area contributed by atoms with Crippen molar-refractivity contribution in [3.05, 3.63) is 100 Å². The van der Waals surface area contributed by atoms with Crippen LogP contribution in [0.5, 0.6) is 0 Å². The van der Waals surface area contributed by atoms with Gasteiger partial charge in [0.2, 0.25) is 12.0 Å². The Morgan fingerprint density at radius 3 is 2.64 bits per heavy atom. The van der Waals surface area contributed by atoms with Gasteiger partial charge >= 0.3 is 5.97 Å². The van der Waals surface area contributed by atoms with E-state index in [0.717, 1.165) is 11.1 Å². The second-order valence-electron chi connectivity index (χ2n) is 9.33. The van der Waals surface area contributed by atoms with E-state index in [0.29, 0.717) is 65.3 Å². The van der Waals surface area contributed by atoms with Gasteiger partial charge in [0, 0.05) is 24.8 Å². The predicted octanol–water partition coefficient (Wildman–Crippen LogP) is 5.33. The molecule has 2 aromatic heterocycles. The van der Waals surface area contributed by atoms with Crippen molar-refractivity contribution in [1.82, 2.24) is 14.5 Å². The van der Waals surface area contributed by atoms with Crippen molar-refractivity contribution >= 4 is 33.7 Å². The number of aryl methyl sites for hydroxylation is 1. The Morgan fingerprint density at radius 1 is 1.03 bits per heavy atom. The molecule has 1 aliphatic rings. The number of carboxylic acids is 1.